The number of amides is 1. The summed E-state index contributed by atoms with van der Waals surface area (Å²) in [5, 5.41) is 2.69. The van der Waals surface area contributed by atoms with Gasteiger partial charge < -0.3 is 24.3 Å². The van der Waals surface area contributed by atoms with Crippen molar-refractivity contribution in [3.05, 3.63) is 52.5 Å². The first-order chi connectivity index (χ1) is 13.4. The van der Waals surface area contributed by atoms with Crippen LogP contribution >= 0.6 is 11.6 Å². The largest absolute Gasteiger partial charge is 0.493 e. The monoisotopic (exact) mass is 407 g/mol. The van der Waals surface area contributed by atoms with Gasteiger partial charge in [-0.25, -0.2) is 9.59 Å². The highest BCUT2D eigenvalue weighted by Crippen LogP contribution is 2.36. The lowest BCUT2D eigenvalue weighted by atomic mass is 10.2. The first kappa shape index (κ1) is 21.0. The van der Waals surface area contributed by atoms with Crippen LogP contribution in [0.3, 0.4) is 0 Å². The molecule has 0 spiro atoms. The topological polar surface area (TPSA) is 100 Å². The van der Waals surface area contributed by atoms with Gasteiger partial charge in [0.25, 0.3) is 5.91 Å². The Balaban J connectivity index is 2.00. The van der Waals surface area contributed by atoms with Crippen LogP contribution in [0.5, 0.6) is 11.5 Å². The van der Waals surface area contributed by atoms with Crippen molar-refractivity contribution in [1.82, 2.24) is 0 Å². The third-order valence-electron chi connectivity index (χ3n) is 3.57. The molecule has 0 aliphatic heterocycles. The van der Waals surface area contributed by atoms with E-state index in [0.717, 1.165) is 0 Å². The summed E-state index contributed by atoms with van der Waals surface area (Å²) in [6, 6.07) is 8.90. The average molecular weight is 408 g/mol. The predicted octanol–water partition coefficient (Wildman–Crippen LogP) is 2.94. The van der Waals surface area contributed by atoms with Gasteiger partial charge in [-0.2, -0.15) is 0 Å². The van der Waals surface area contributed by atoms with Crippen molar-refractivity contribution in [2.75, 3.05) is 33.3 Å². The number of nitrogens with one attached hydrogen (secondary N) is 1. The number of carbonyl (C=O) groups excluding carboxylic acids is 3. The Morgan fingerprint density at radius 3 is 2.36 bits per heavy atom. The molecule has 2 aromatic rings. The molecule has 0 heterocycles. The van der Waals surface area contributed by atoms with Crippen molar-refractivity contribution in [2.24, 2.45) is 0 Å². The molecule has 0 aliphatic rings. The van der Waals surface area contributed by atoms with E-state index in [1.54, 1.807) is 18.2 Å². The molecule has 0 aromatic heterocycles. The maximum atomic E-state index is 12.2. The molecule has 9 heteroatoms. The lowest BCUT2D eigenvalue weighted by Crippen LogP contribution is -2.21. The molecule has 1 amide bonds. The van der Waals surface area contributed by atoms with E-state index in [9.17, 15) is 14.4 Å². The lowest BCUT2D eigenvalue weighted by Gasteiger charge is -2.11. The fourth-order valence-corrected chi connectivity index (χ4v) is 2.58. The quantitative estimate of drug-likeness (QED) is 0.704. The standard InChI is InChI=1S/C19H18ClNO7/c1-25-15-9-12(8-14(20)17(15)26-2)19(24)28-10-16(22)21-13-6-4-5-11(7-13)18(23)27-3/h4-9H,10H2,1-3H3,(H,21,22). The lowest BCUT2D eigenvalue weighted by molar-refractivity contribution is -0.119. The normalized spacial score (nSPS) is 10.0. The Morgan fingerprint density at radius 1 is 0.964 bits per heavy atom. The van der Waals surface area contributed by atoms with Gasteiger partial charge >= 0.3 is 11.9 Å². The summed E-state index contributed by atoms with van der Waals surface area (Å²) in [7, 11) is 4.08. The Labute approximate surface area is 166 Å². The summed E-state index contributed by atoms with van der Waals surface area (Å²) in [5.41, 5.74) is 0.735. The van der Waals surface area contributed by atoms with Crippen LogP contribution in [-0.2, 0) is 14.3 Å². The highest BCUT2D eigenvalue weighted by atomic mass is 35.5. The Morgan fingerprint density at radius 2 is 1.71 bits per heavy atom. The molecule has 8 nitrogen and oxygen atoms in total. The molecule has 0 fully saturated rings. The number of methoxy groups -OCH3 is 3. The highest BCUT2D eigenvalue weighted by molar-refractivity contribution is 6.32. The van der Waals surface area contributed by atoms with E-state index in [2.05, 4.69) is 10.1 Å². The predicted molar refractivity (Wildman–Crippen MR) is 101 cm³/mol. The van der Waals surface area contributed by atoms with Crippen LogP contribution in [0.4, 0.5) is 5.69 Å². The fraction of sp³-hybridized carbons (Fsp3) is 0.211. The van der Waals surface area contributed by atoms with Crippen LogP contribution in [0.1, 0.15) is 20.7 Å². The van der Waals surface area contributed by atoms with Gasteiger partial charge in [0.1, 0.15) is 0 Å². The summed E-state index contributed by atoms with van der Waals surface area (Å²) >= 11 is 6.05. The van der Waals surface area contributed by atoms with Crippen LogP contribution in [0.2, 0.25) is 5.02 Å². The minimum Gasteiger partial charge on any atom is -0.493 e. The molecule has 1 N–H and O–H groups in total. The second kappa shape index (κ2) is 9.61. The van der Waals surface area contributed by atoms with Crippen molar-refractivity contribution in [3.8, 4) is 11.5 Å². The number of benzene rings is 2. The van der Waals surface area contributed by atoms with Crippen LogP contribution in [-0.4, -0.2) is 45.8 Å². The number of halogens is 1. The summed E-state index contributed by atoms with van der Waals surface area (Å²) < 4.78 is 19.8. The van der Waals surface area contributed by atoms with Crippen LogP contribution < -0.4 is 14.8 Å². The van der Waals surface area contributed by atoms with Gasteiger partial charge in [0.2, 0.25) is 0 Å². The van der Waals surface area contributed by atoms with Crippen molar-refractivity contribution in [3.63, 3.8) is 0 Å². The van der Waals surface area contributed by atoms with Crippen molar-refractivity contribution >= 4 is 35.1 Å². The molecule has 0 saturated heterocycles. The highest BCUT2D eigenvalue weighted by Gasteiger charge is 2.17. The molecule has 0 unspecified atom stereocenters. The van der Waals surface area contributed by atoms with E-state index >= 15 is 0 Å². The smallest absolute Gasteiger partial charge is 0.338 e. The van der Waals surface area contributed by atoms with Gasteiger partial charge in [-0.3, -0.25) is 4.79 Å². The first-order valence-electron chi connectivity index (χ1n) is 7.96. The number of ether oxygens (including phenoxy) is 4. The van der Waals surface area contributed by atoms with Gasteiger partial charge in [-0.15, -0.1) is 0 Å². The van der Waals surface area contributed by atoms with E-state index in [0.29, 0.717) is 5.69 Å². The minimum absolute atomic E-state index is 0.100. The molecular weight excluding hydrogens is 390 g/mol. The van der Waals surface area contributed by atoms with Crippen molar-refractivity contribution in [1.29, 1.82) is 0 Å². The number of carbonyl (C=O) groups is 3. The zero-order chi connectivity index (χ0) is 20.7. The average Bonchev–Trinajstić information content (AvgIpc) is 2.70. The molecule has 0 bridgehead atoms. The third kappa shape index (κ3) is 5.14. The van der Waals surface area contributed by atoms with Crippen LogP contribution in [0, 0.1) is 0 Å². The van der Waals surface area contributed by atoms with Crippen LogP contribution in [0.15, 0.2) is 36.4 Å². The van der Waals surface area contributed by atoms with Gasteiger partial charge in [0.15, 0.2) is 18.1 Å². The van der Waals surface area contributed by atoms with Crippen molar-refractivity contribution < 1.29 is 33.3 Å². The number of hydrogen-bond donors (Lipinski definition) is 1. The molecule has 2 aromatic carbocycles. The van der Waals surface area contributed by atoms with E-state index in [1.165, 1.54) is 39.5 Å². The maximum Gasteiger partial charge on any atom is 0.338 e. The number of anilines is 1. The van der Waals surface area contributed by atoms with Gasteiger partial charge in [0.05, 0.1) is 37.5 Å². The van der Waals surface area contributed by atoms with E-state index in [4.69, 9.17) is 25.8 Å². The van der Waals surface area contributed by atoms with E-state index in [-0.39, 0.29) is 27.6 Å². The zero-order valence-electron chi connectivity index (χ0n) is 15.4. The summed E-state index contributed by atoms with van der Waals surface area (Å²) in [6.45, 7) is -0.534. The Kier molecular flexibility index (Phi) is 7.22. The summed E-state index contributed by atoms with van der Waals surface area (Å²) in [4.78, 5) is 35.7. The zero-order valence-corrected chi connectivity index (χ0v) is 16.2. The molecular formula is C19H18ClNO7. The van der Waals surface area contributed by atoms with E-state index in [1.807, 2.05) is 0 Å². The second-order valence-corrected chi connectivity index (χ2v) is 5.80. The molecule has 0 saturated carbocycles. The molecule has 0 aliphatic carbocycles. The Bertz CT molecular complexity index is 898. The third-order valence-corrected chi connectivity index (χ3v) is 3.85. The molecule has 2 rings (SSSR count). The molecule has 0 radical (unpaired) electrons. The maximum absolute atomic E-state index is 12.2. The minimum atomic E-state index is -0.763. The van der Waals surface area contributed by atoms with Crippen molar-refractivity contribution in [2.45, 2.75) is 0 Å². The van der Waals surface area contributed by atoms with Gasteiger partial charge in [-0.05, 0) is 30.3 Å². The van der Waals surface area contributed by atoms with Gasteiger partial charge in [-0.1, -0.05) is 17.7 Å². The fourth-order valence-electron chi connectivity index (χ4n) is 2.29. The van der Waals surface area contributed by atoms with Gasteiger partial charge in [0, 0.05) is 5.69 Å². The number of esters is 2. The SMILES string of the molecule is COC(=O)c1cccc(NC(=O)COC(=O)c2cc(Cl)c(OC)c(OC)c2)c1. The Hall–Kier alpha value is -3.26. The summed E-state index contributed by atoms with van der Waals surface area (Å²) in [5.74, 6) is -1.34. The molecule has 28 heavy (non-hydrogen) atoms. The molecule has 0 atom stereocenters. The number of rotatable bonds is 7. The molecule has 148 valence electrons. The van der Waals surface area contributed by atoms with Crippen LogP contribution in [0.25, 0.3) is 0 Å². The first-order valence-corrected chi connectivity index (χ1v) is 8.34. The second-order valence-electron chi connectivity index (χ2n) is 5.39. The number of hydrogen-bond acceptors (Lipinski definition) is 7. The summed E-state index contributed by atoms with van der Waals surface area (Å²) in [6.07, 6.45) is 0. The van der Waals surface area contributed by atoms with E-state index < -0.39 is 24.5 Å².